The largest absolute Gasteiger partial charge is 0.378 e. The highest BCUT2D eigenvalue weighted by molar-refractivity contribution is 6.28. The van der Waals surface area contributed by atoms with Gasteiger partial charge in [0.15, 0.2) is 23.3 Å². The maximum absolute atomic E-state index is 13.6. The lowest BCUT2D eigenvalue weighted by Gasteiger charge is -2.28. The summed E-state index contributed by atoms with van der Waals surface area (Å²) in [5, 5.41) is 1.32. The number of rotatable bonds is 3. The molecule has 13 heteroatoms. The van der Waals surface area contributed by atoms with Crippen LogP contribution in [-0.2, 0) is 9.47 Å². The number of aromatic nitrogens is 4. The van der Waals surface area contributed by atoms with Crippen molar-refractivity contribution in [1.29, 1.82) is 0 Å². The highest BCUT2D eigenvalue weighted by Gasteiger charge is 2.18. The first-order chi connectivity index (χ1) is 14.5. The predicted molar refractivity (Wildman–Crippen MR) is 108 cm³/mol. The van der Waals surface area contributed by atoms with E-state index < -0.39 is 11.6 Å². The fourth-order valence-electron chi connectivity index (χ4n) is 2.85. The van der Waals surface area contributed by atoms with Gasteiger partial charge in [0.1, 0.15) is 0 Å². The molecule has 2 saturated heterocycles. The van der Waals surface area contributed by atoms with E-state index in [9.17, 15) is 8.78 Å². The van der Waals surface area contributed by atoms with Gasteiger partial charge in [-0.2, -0.15) is 9.97 Å². The van der Waals surface area contributed by atoms with Crippen molar-refractivity contribution in [2.75, 3.05) is 74.5 Å². The third-order valence-electron chi connectivity index (χ3n) is 4.35. The molecule has 2 fully saturated rings. The third kappa shape index (κ3) is 5.81. The van der Waals surface area contributed by atoms with E-state index >= 15 is 0 Å². The first kappa shape index (κ1) is 22.3. The lowest BCUT2D eigenvalue weighted by molar-refractivity contribution is 0.122. The van der Waals surface area contributed by atoms with Crippen LogP contribution < -0.4 is 20.7 Å². The zero-order valence-electron chi connectivity index (χ0n) is 16.5. The highest BCUT2D eigenvalue weighted by Crippen LogP contribution is 2.19. The van der Waals surface area contributed by atoms with Crippen molar-refractivity contribution in [3.05, 3.63) is 29.3 Å². The Bertz CT molecular complexity index is 835. The number of hydrazine groups is 1. The van der Waals surface area contributed by atoms with Gasteiger partial charge in [-0.3, -0.25) is 5.01 Å². The number of morpholine rings is 2. The first-order valence-corrected chi connectivity index (χ1v) is 9.68. The molecule has 0 aliphatic carbocycles. The standard InChI is InChI=1S/C9H14FN5O.C8H9ClFN3O/c1-14(11)9-12-6-7(10)8(13-9)15-2-4-16-5-3-15;9-8-11-5-6(10)7(12-8)13-1-3-14-4-2-13/h6H,2-5,11H2,1H3;5H,1-4H2. The Hall–Kier alpha value is -2.41. The summed E-state index contributed by atoms with van der Waals surface area (Å²) < 4.78 is 37.2. The lowest BCUT2D eigenvalue weighted by atomic mass is 10.4. The average molecular weight is 445 g/mol. The van der Waals surface area contributed by atoms with Crippen molar-refractivity contribution in [3.8, 4) is 0 Å². The zero-order valence-corrected chi connectivity index (χ0v) is 17.2. The predicted octanol–water partition coefficient (Wildman–Crippen LogP) is 0.868. The van der Waals surface area contributed by atoms with E-state index in [1.165, 1.54) is 5.01 Å². The maximum Gasteiger partial charge on any atom is 0.241 e. The second-order valence-electron chi connectivity index (χ2n) is 6.46. The summed E-state index contributed by atoms with van der Waals surface area (Å²) in [6, 6.07) is 0. The second kappa shape index (κ2) is 10.6. The molecule has 2 aliphatic rings. The third-order valence-corrected chi connectivity index (χ3v) is 4.53. The number of anilines is 3. The first-order valence-electron chi connectivity index (χ1n) is 9.30. The van der Waals surface area contributed by atoms with Crippen LogP contribution in [0.1, 0.15) is 0 Å². The molecule has 164 valence electrons. The fraction of sp³-hybridized carbons (Fsp3) is 0.529. The monoisotopic (exact) mass is 444 g/mol. The smallest absolute Gasteiger partial charge is 0.241 e. The Kier molecular flexibility index (Phi) is 7.85. The van der Waals surface area contributed by atoms with Gasteiger partial charge in [0.05, 0.1) is 38.8 Å². The van der Waals surface area contributed by atoms with E-state index in [1.807, 2.05) is 4.90 Å². The number of nitrogens with zero attached hydrogens (tertiary/aromatic N) is 7. The van der Waals surface area contributed by atoms with Crippen LogP contribution >= 0.6 is 11.6 Å². The molecule has 30 heavy (non-hydrogen) atoms. The van der Waals surface area contributed by atoms with Crippen LogP contribution in [0.3, 0.4) is 0 Å². The molecule has 0 atom stereocenters. The lowest BCUT2D eigenvalue weighted by Crippen LogP contribution is -2.38. The average Bonchev–Trinajstić information content (AvgIpc) is 2.77. The molecule has 0 saturated carbocycles. The van der Waals surface area contributed by atoms with E-state index in [4.69, 9.17) is 26.9 Å². The Morgan fingerprint density at radius 2 is 1.37 bits per heavy atom. The fourth-order valence-corrected chi connectivity index (χ4v) is 2.98. The molecule has 0 amide bonds. The van der Waals surface area contributed by atoms with Crippen molar-refractivity contribution < 1.29 is 18.3 Å². The Morgan fingerprint density at radius 1 is 0.900 bits per heavy atom. The van der Waals surface area contributed by atoms with Gasteiger partial charge in [0.2, 0.25) is 11.2 Å². The number of hydrogen-bond donors (Lipinski definition) is 1. The van der Waals surface area contributed by atoms with Crippen LogP contribution in [0.5, 0.6) is 0 Å². The van der Waals surface area contributed by atoms with Crippen LogP contribution in [0.2, 0.25) is 5.28 Å². The minimum absolute atomic E-state index is 0.0629. The molecule has 0 unspecified atom stereocenters. The van der Waals surface area contributed by atoms with Gasteiger partial charge in [0, 0.05) is 33.2 Å². The van der Waals surface area contributed by atoms with Gasteiger partial charge < -0.3 is 19.3 Å². The number of hydrogen-bond acceptors (Lipinski definition) is 10. The van der Waals surface area contributed by atoms with Crippen LogP contribution in [0.15, 0.2) is 12.4 Å². The molecule has 2 aromatic rings. The van der Waals surface area contributed by atoms with E-state index in [-0.39, 0.29) is 16.9 Å². The normalized spacial score (nSPS) is 16.7. The zero-order chi connectivity index (χ0) is 21.5. The molecule has 10 nitrogen and oxygen atoms in total. The minimum atomic E-state index is -0.448. The molecule has 0 radical (unpaired) electrons. The summed E-state index contributed by atoms with van der Waals surface area (Å²) in [6.45, 7) is 4.84. The van der Waals surface area contributed by atoms with Gasteiger partial charge >= 0.3 is 0 Å². The Labute approximate surface area is 177 Å². The molecule has 0 spiro atoms. The topological polar surface area (TPSA) is 106 Å². The van der Waals surface area contributed by atoms with Gasteiger partial charge in [-0.15, -0.1) is 0 Å². The summed E-state index contributed by atoms with van der Waals surface area (Å²) in [5.41, 5.74) is 0. The quantitative estimate of drug-likeness (QED) is 0.416. The molecule has 2 aromatic heterocycles. The minimum Gasteiger partial charge on any atom is -0.378 e. The van der Waals surface area contributed by atoms with E-state index in [2.05, 4.69) is 19.9 Å². The van der Waals surface area contributed by atoms with Gasteiger partial charge in [0.25, 0.3) is 0 Å². The van der Waals surface area contributed by atoms with Crippen LogP contribution in [-0.4, -0.2) is 79.6 Å². The number of ether oxygens (including phenoxy) is 2. The van der Waals surface area contributed by atoms with Crippen molar-refractivity contribution >= 4 is 29.2 Å². The molecule has 2 N–H and O–H groups in total. The molecule has 0 aromatic carbocycles. The van der Waals surface area contributed by atoms with Crippen LogP contribution in [0.4, 0.5) is 26.4 Å². The van der Waals surface area contributed by atoms with E-state index in [1.54, 1.807) is 11.9 Å². The second-order valence-corrected chi connectivity index (χ2v) is 6.80. The van der Waals surface area contributed by atoms with E-state index in [0.717, 1.165) is 12.4 Å². The number of halogens is 3. The summed E-state index contributed by atoms with van der Waals surface area (Å²) in [5.74, 6) is 5.45. The maximum atomic E-state index is 13.6. The van der Waals surface area contributed by atoms with Crippen molar-refractivity contribution in [2.45, 2.75) is 0 Å². The van der Waals surface area contributed by atoms with Crippen molar-refractivity contribution in [1.82, 2.24) is 19.9 Å². The highest BCUT2D eigenvalue weighted by atomic mass is 35.5. The molecule has 4 heterocycles. The van der Waals surface area contributed by atoms with Gasteiger partial charge in [-0.25, -0.2) is 24.6 Å². The van der Waals surface area contributed by atoms with Crippen LogP contribution in [0, 0.1) is 11.6 Å². The number of nitrogens with two attached hydrogens (primary N) is 1. The Balaban J connectivity index is 0.000000172. The van der Waals surface area contributed by atoms with E-state index in [0.29, 0.717) is 58.6 Å². The van der Waals surface area contributed by atoms with Gasteiger partial charge in [-0.1, -0.05) is 0 Å². The molecule has 0 bridgehead atoms. The molecular weight excluding hydrogens is 422 g/mol. The molecular formula is C17H23ClF2N8O2. The summed E-state index contributed by atoms with van der Waals surface area (Å²) in [4.78, 5) is 18.9. The SMILES string of the molecule is CN(N)c1ncc(F)c(N2CCOCC2)n1.Fc1cnc(Cl)nc1N1CCOCC1. The van der Waals surface area contributed by atoms with Crippen molar-refractivity contribution in [3.63, 3.8) is 0 Å². The summed E-state index contributed by atoms with van der Waals surface area (Å²) in [6.07, 6.45) is 2.22. The Morgan fingerprint density at radius 3 is 1.87 bits per heavy atom. The summed E-state index contributed by atoms with van der Waals surface area (Å²) in [7, 11) is 1.61. The molecule has 2 aliphatic heterocycles. The summed E-state index contributed by atoms with van der Waals surface area (Å²) >= 11 is 5.59. The van der Waals surface area contributed by atoms with Crippen LogP contribution in [0.25, 0.3) is 0 Å². The molecule has 4 rings (SSSR count). The van der Waals surface area contributed by atoms with Crippen molar-refractivity contribution in [2.24, 2.45) is 5.84 Å². The van der Waals surface area contributed by atoms with Gasteiger partial charge in [-0.05, 0) is 11.6 Å².